The predicted octanol–water partition coefficient (Wildman–Crippen LogP) is 2.29. The molecule has 0 aliphatic carbocycles. The molecule has 0 saturated heterocycles. The summed E-state index contributed by atoms with van der Waals surface area (Å²) < 4.78 is 0. The van der Waals surface area contributed by atoms with Gasteiger partial charge in [0, 0.05) is 4.90 Å². The van der Waals surface area contributed by atoms with Gasteiger partial charge in [-0.25, -0.2) is 0 Å². The minimum Gasteiger partial charge on any atom is -0.322 e. The van der Waals surface area contributed by atoms with Gasteiger partial charge in [0.15, 0.2) is 0 Å². The fourth-order valence-corrected chi connectivity index (χ4v) is 2.72. The molecule has 100 valence electrons. The molecular formula is C12H14N4OS2. The van der Waals surface area contributed by atoms with Crippen molar-refractivity contribution in [1.82, 2.24) is 10.2 Å². The molecule has 5 nitrogen and oxygen atoms in total. The Labute approximate surface area is 119 Å². The Morgan fingerprint density at radius 2 is 2.16 bits per heavy atom. The van der Waals surface area contributed by atoms with Crippen LogP contribution in [-0.2, 0) is 4.79 Å². The van der Waals surface area contributed by atoms with Gasteiger partial charge in [-0.15, -0.1) is 22.0 Å². The minimum absolute atomic E-state index is 0.0961. The third kappa shape index (κ3) is 4.30. The SMILES string of the molecule is CC(N)c1nnc(NC(=O)CSc2ccccc2)s1. The number of anilines is 1. The van der Waals surface area contributed by atoms with Crippen molar-refractivity contribution < 1.29 is 4.79 Å². The van der Waals surface area contributed by atoms with E-state index < -0.39 is 0 Å². The maximum Gasteiger partial charge on any atom is 0.236 e. The quantitative estimate of drug-likeness (QED) is 0.827. The zero-order chi connectivity index (χ0) is 13.7. The van der Waals surface area contributed by atoms with E-state index in [9.17, 15) is 4.79 Å². The van der Waals surface area contributed by atoms with Crippen molar-refractivity contribution in [2.24, 2.45) is 5.73 Å². The molecule has 1 aromatic heterocycles. The van der Waals surface area contributed by atoms with Crippen molar-refractivity contribution in [3.05, 3.63) is 35.3 Å². The summed E-state index contributed by atoms with van der Waals surface area (Å²) in [5.74, 6) is 0.248. The molecule has 0 saturated carbocycles. The monoisotopic (exact) mass is 294 g/mol. The molecule has 19 heavy (non-hydrogen) atoms. The Bertz CT molecular complexity index is 542. The van der Waals surface area contributed by atoms with Crippen LogP contribution in [0.15, 0.2) is 35.2 Å². The van der Waals surface area contributed by atoms with Crippen molar-refractivity contribution in [2.75, 3.05) is 11.1 Å². The molecule has 2 aromatic rings. The lowest BCUT2D eigenvalue weighted by atomic mass is 10.4. The molecule has 2 rings (SSSR count). The van der Waals surface area contributed by atoms with Crippen LogP contribution in [0.4, 0.5) is 5.13 Å². The zero-order valence-electron chi connectivity index (χ0n) is 10.4. The molecule has 3 N–H and O–H groups in total. The third-order valence-corrected chi connectivity index (χ3v) is 4.24. The highest BCUT2D eigenvalue weighted by atomic mass is 32.2. The summed E-state index contributed by atoms with van der Waals surface area (Å²) >= 11 is 2.78. The third-order valence-electron chi connectivity index (χ3n) is 2.19. The summed E-state index contributed by atoms with van der Waals surface area (Å²) in [6, 6.07) is 9.61. The van der Waals surface area contributed by atoms with Crippen LogP contribution in [0, 0.1) is 0 Å². The molecule has 1 aromatic carbocycles. The number of amides is 1. The van der Waals surface area contributed by atoms with Crippen molar-refractivity contribution >= 4 is 34.1 Å². The number of benzene rings is 1. The lowest BCUT2D eigenvalue weighted by Crippen LogP contribution is -2.13. The maximum atomic E-state index is 11.7. The number of carbonyl (C=O) groups excluding carboxylic acids is 1. The van der Waals surface area contributed by atoms with E-state index in [1.165, 1.54) is 23.1 Å². The van der Waals surface area contributed by atoms with Gasteiger partial charge in [-0.05, 0) is 19.1 Å². The molecule has 1 unspecified atom stereocenters. The Hall–Kier alpha value is -1.44. The first kappa shape index (κ1) is 14.0. The van der Waals surface area contributed by atoms with E-state index in [0.717, 1.165) is 4.90 Å². The second kappa shape index (κ2) is 6.65. The summed E-state index contributed by atoms with van der Waals surface area (Å²) in [7, 11) is 0. The van der Waals surface area contributed by atoms with Crippen molar-refractivity contribution in [2.45, 2.75) is 17.9 Å². The van der Waals surface area contributed by atoms with Crippen LogP contribution in [0.2, 0.25) is 0 Å². The predicted molar refractivity (Wildman–Crippen MR) is 78.3 cm³/mol. The molecule has 0 spiro atoms. The van der Waals surface area contributed by atoms with E-state index in [-0.39, 0.29) is 11.9 Å². The number of nitrogens with one attached hydrogen (secondary N) is 1. The Kier molecular flexibility index (Phi) is 4.89. The highest BCUT2D eigenvalue weighted by Gasteiger charge is 2.10. The summed E-state index contributed by atoms with van der Waals surface area (Å²) in [6.07, 6.45) is 0. The van der Waals surface area contributed by atoms with Gasteiger partial charge in [-0.3, -0.25) is 10.1 Å². The number of nitrogens with two attached hydrogens (primary N) is 1. The Morgan fingerprint density at radius 1 is 1.42 bits per heavy atom. The van der Waals surface area contributed by atoms with Gasteiger partial charge in [0.1, 0.15) is 5.01 Å². The number of rotatable bonds is 5. The molecule has 1 atom stereocenters. The normalized spacial score (nSPS) is 12.1. The molecule has 7 heteroatoms. The van der Waals surface area contributed by atoms with Crippen molar-refractivity contribution in [3.63, 3.8) is 0 Å². The Balaban J connectivity index is 1.84. The summed E-state index contributed by atoms with van der Waals surface area (Å²) in [6.45, 7) is 1.83. The van der Waals surface area contributed by atoms with E-state index in [1.807, 2.05) is 37.3 Å². The van der Waals surface area contributed by atoms with Gasteiger partial charge >= 0.3 is 0 Å². The molecule has 0 fully saturated rings. The Morgan fingerprint density at radius 3 is 2.79 bits per heavy atom. The lowest BCUT2D eigenvalue weighted by Gasteiger charge is -2.01. The molecular weight excluding hydrogens is 280 g/mol. The highest BCUT2D eigenvalue weighted by Crippen LogP contribution is 2.21. The van der Waals surface area contributed by atoms with Crippen LogP contribution in [0.5, 0.6) is 0 Å². The van der Waals surface area contributed by atoms with Crippen LogP contribution in [-0.4, -0.2) is 21.9 Å². The maximum absolute atomic E-state index is 11.7. The molecule has 0 bridgehead atoms. The van der Waals surface area contributed by atoms with Crippen molar-refractivity contribution in [1.29, 1.82) is 0 Å². The molecule has 1 heterocycles. The summed E-state index contributed by atoms with van der Waals surface area (Å²) in [5, 5.41) is 11.7. The first-order valence-electron chi connectivity index (χ1n) is 5.72. The average Bonchev–Trinajstić information content (AvgIpc) is 2.86. The smallest absolute Gasteiger partial charge is 0.236 e. The number of nitrogens with zero attached hydrogens (tertiary/aromatic N) is 2. The van der Waals surface area contributed by atoms with Crippen molar-refractivity contribution in [3.8, 4) is 0 Å². The largest absolute Gasteiger partial charge is 0.322 e. The first-order valence-corrected chi connectivity index (χ1v) is 7.52. The van der Waals surface area contributed by atoms with E-state index in [0.29, 0.717) is 15.9 Å². The number of hydrogen-bond donors (Lipinski definition) is 2. The van der Waals surface area contributed by atoms with Crippen LogP contribution >= 0.6 is 23.1 Å². The summed E-state index contributed by atoms with van der Waals surface area (Å²) in [5.41, 5.74) is 5.68. The van der Waals surface area contributed by atoms with Gasteiger partial charge in [0.05, 0.1) is 11.8 Å². The standard InChI is InChI=1S/C12H14N4OS2/c1-8(13)11-15-16-12(19-11)14-10(17)7-18-9-5-3-2-4-6-9/h2-6,8H,7,13H2,1H3,(H,14,16,17). The van der Waals surface area contributed by atoms with Crippen LogP contribution < -0.4 is 11.1 Å². The van der Waals surface area contributed by atoms with E-state index >= 15 is 0 Å². The molecule has 1 amide bonds. The first-order chi connectivity index (χ1) is 9.15. The van der Waals surface area contributed by atoms with Crippen LogP contribution in [0.25, 0.3) is 0 Å². The number of thioether (sulfide) groups is 1. The molecule has 0 radical (unpaired) electrons. The number of carbonyl (C=O) groups is 1. The zero-order valence-corrected chi connectivity index (χ0v) is 12.0. The second-order valence-corrected chi connectivity index (χ2v) is 5.94. The number of aromatic nitrogens is 2. The fraction of sp³-hybridized carbons (Fsp3) is 0.250. The average molecular weight is 294 g/mol. The lowest BCUT2D eigenvalue weighted by molar-refractivity contribution is -0.113. The van der Waals surface area contributed by atoms with Crippen LogP contribution in [0.3, 0.4) is 0 Å². The van der Waals surface area contributed by atoms with Crippen LogP contribution in [0.1, 0.15) is 18.0 Å². The summed E-state index contributed by atoms with van der Waals surface area (Å²) in [4.78, 5) is 12.8. The van der Waals surface area contributed by atoms with Gasteiger partial charge in [-0.2, -0.15) is 0 Å². The van der Waals surface area contributed by atoms with E-state index in [1.54, 1.807) is 0 Å². The van der Waals surface area contributed by atoms with Gasteiger partial charge in [0.25, 0.3) is 0 Å². The topological polar surface area (TPSA) is 80.9 Å². The minimum atomic E-state index is -0.165. The van der Waals surface area contributed by atoms with E-state index in [2.05, 4.69) is 15.5 Å². The fourth-order valence-electron chi connectivity index (χ4n) is 1.29. The highest BCUT2D eigenvalue weighted by molar-refractivity contribution is 8.00. The van der Waals surface area contributed by atoms with E-state index in [4.69, 9.17) is 5.73 Å². The second-order valence-electron chi connectivity index (χ2n) is 3.88. The molecule has 0 aliphatic heterocycles. The van der Waals surface area contributed by atoms with Gasteiger partial charge < -0.3 is 5.73 Å². The van der Waals surface area contributed by atoms with Gasteiger partial charge in [0.2, 0.25) is 11.0 Å². The number of hydrogen-bond acceptors (Lipinski definition) is 6. The van der Waals surface area contributed by atoms with Gasteiger partial charge in [-0.1, -0.05) is 29.5 Å². The molecule has 0 aliphatic rings.